The lowest BCUT2D eigenvalue weighted by Crippen LogP contribution is -2.57. The predicted molar refractivity (Wildman–Crippen MR) is 140 cm³/mol. The van der Waals surface area contributed by atoms with Crippen molar-refractivity contribution in [1.82, 2.24) is 25.3 Å². The number of aromatic amines is 1. The molecule has 3 aromatic rings. The molecular formula is C27H26ClF3N6O3. The normalized spacial score (nSPS) is 20.6. The van der Waals surface area contributed by atoms with Crippen molar-refractivity contribution in [1.29, 1.82) is 0 Å². The number of H-pyrrole nitrogens is 1. The number of para-hydroxylation sites is 1. The van der Waals surface area contributed by atoms with Gasteiger partial charge in [0.2, 0.25) is 11.8 Å². The van der Waals surface area contributed by atoms with E-state index < -0.39 is 30.1 Å². The molecule has 0 radical (unpaired) electrons. The number of halogens is 4. The summed E-state index contributed by atoms with van der Waals surface area (Å²) in [4.78, 5) is 41.6. The molecule has 6 rings (SSSR count). The van der Waals surface area contributed by atoms with Crippen LogP contribution in [0, 0.1) is 5.92 Å². The first kappa shape index (κ1) is 26.4. The summed E-state index contributed by atoms with van der Waals surface area (Å²) in [6.45, 7) is -1.01. The average molecular weight is 575 g/mol. The van der Waals surface area contributed by atoms with Gasteiger partial charge in [-0.2, -0.15) is 18.3 Å². The van der Waals surface area contributed by atoms with Crippen molar-refractivity contribution in [3.05, 3.63) is 58.2 Å². The van der Waals surface area contributed by atoms with Crippen molar-refractivity contribution in [2.24, 2.45) is 5.92 Å². The summed E-state index contributed by atoms with van der Waals surface area (Å²) >= 11 is 6.40. The Kier molecular flexibility index (Phi) is 6.40. The number of alkyl halides is 3. The maximum atomic E-state index is 13.5. The van der Waals surface area contributed by atoms with Crippen molar-refractivity contribution in [3.63, 3.8) is 0 Å². The number of amides is 4. The number of hydrogen-bond donors (Lipinski definition) is 3. The molecule has 0 aliphatic carbocycles. The molecule has 3 N–H and O–H groups in total. The highest BCUT2D eigenvalue weighted by atomic mass is 35.5. The van der Waals surface area contributed by atoms with Crippen LogP contribution in [0.4, 0.5) is 23.7 Å². The first-order valence-corrected chi connectivity index (χ1v) is 13.4. The molecule has 9 nitrogen and oxygen atoms in total. The summed E-state index contributed by atoms with van der Waals surface area (Å²) in [6.07, 6.45) is -2.32. The van der Waals surface area contributed by atoms with E-state index in [9.17, 15) is 27.6 Å². The number of piperidine rings is 1. The smallest absolute Gasteiger partial charge is 0.342 e. The third kappa shape index (κ3) is 4.74. The summed E-state index contributed by atoms with van der Waals surface area (Å²) < 4.78 is 40.5. The molecule has 4 heterocycles. The van der Waals surface area contributed by atoms with Crippen molar-refractivity contribution in [2.45, 2.75) is 43.9 Å². The number of hydrogen-bond acceptors (Lipinski definition) is 4. The first-order chi connectivity index (χ1) is 19.0. The summed E-state index contributed by atoms with van der Waals surface area (Å²) in [7, 11) is 0. The molecule has 4 amide bonds. The maximum Gasteiger partial charge on any atom is 0.406 e. The van der Waals surface area contributed by atoms with E-state index in [-0.39, 0.29) is 31.3 Å². The Morgan fingerprint density at radius 1 is 1.18 bits per heavy atom. The highest BCUT2D eigenvalue weighted by molar-refractivity contribution is 6.35. The zero-order valence-corrected chi connectivity index (χ0v) is 22.0. The Bertz CT molecular complexity index is 1510. The minimum atomic E-state index is -4.60. The van der Waals surface area contributed by atoms with E-state index in [4.69, 9.17) is 11.6 Å². The third-order valence-corrected chi connectivity index (χ3v) is 8.47. The fraction of sp³-hybridized carbons (Fsp3) is 0.407. The molecule has 2 aromatic carbocycles. The maximum absolute atomic E-state index is 13.5. The molecule has 1 atom stereocenters. The molecule has 1 aromatic heterocycles. The van der Waals surface area contributed by atoms with Crippen LogP contribution in [0.3, 0.4) is 0 Å². The molecule has 0 unspecified atom stereocenters. The van der Waals surface area contributed by atoms with Crippen molar-refractivity contribution < 1.29 is 27.6 Å². The van der Waals surface area contributed by atoms with Gasteiger partial charge in [0.15, 0.2) is 0 Å². The van der Waals surface area contributed by atoms with E-state index in [1.807, 2.05) is 24.3 Å². The van der Waals surface area contributed by atoms with Gasteiger partial charge in [0.1, 0.15) is 6.54 Å². The Labute approximate surface area is 232 Å². The van der Waals surface area contributed by atoms with Crippen LogP contribution in [-0.2, 0) is 28.1 Å². The second-order valence-corrected chi connectivity index (χ2v) is 11.1. The number of carbonyl (C=O) groups is 3. The van der Waals surface area contributed by atoms with Crippen molar-refractivity contribution in [3.8, 4) is 0 Å². The Morgan fingerprint density at radius 2 is 1.93 bits per heavy atom. The summed E-state index contributed by atoms with van der Waals surface area (Å²) in [6, 6.07) is 8.84. The molecule has 0 bridgehead atoms. The number of nitrogens with one attached hydrogen (secondary N) is 3. The Hall–Kier alpha value is -3.80. The second-order valence-electron chi connectivity index (χ2n) is 10.7. The quantitative estimate of drug-likeness (QED) is 0.433. The lowest BCUT2D eigenvalue weighted by Gasteiger charge is -2.45. The van der Waals surface area contributed by atoms with E-state index in [0.717, 1.165) is 16.2 Å². The molecule has 1 spiro atoms. The number of nitrogens with zero attached hydrogens (tertiary/aromatic N) is 3. The van der Waals surface area contributed by atoms with Crippen LogP contribution in [0.15, 0.2) is 36.5 Å². The topological polar surface area (TPSA) is 110 Å². The number of aromatic nitrogens is 2. The van der Waals surface area contributed by atoms with Crippen LogP contribution >= 0.6 is 11.6 Å². The van der Waals surface area contributed by atoms with Gasteiger partial charge in [-0.3, -0.25) is 14.7 Å². The number of benzene rings is 2. The second kappa shape index (κ2) is 9.69. The summed E-state index contributed by atoms with van der Waals surface area (Å²) in [5.74, 6) is -2.01. The fourth-order valence-electron chi connectivity index (χ4n) is 6.26. The summed E-state index contributed by atoms with van der Waals surface area (Å²) in [5.41, 5.74) is 2.71. The van der Waals surface area contributed by atoms with Gasteiger partial charge in [0, 0.05) is 42.7 Å². The number of carbonyl (C=O) groups excluding carboxylic acids is 3. The number of rotatable bonds is 3. The van der Waals surface area contributed by atoms with E-state index in [0.29, 0.717) is 53.0 Å². The van der Waals surface area contributed by atoms with Crippen LogP contribution in [0.1, 0.15) is 36.0 Å². The molecule has 3 aliphatic heterocycles. The largest absolute Gasteiger partial charge is 0.406 e. The molecule has 0 saturated carbocycles. The van der Waals surface area contributed by atoms with Gasteiger partial charge >= 0.3 is 12.2 Å². The molecule has 40 heavy (non-hydrogen) atoms. The summed E-state index contributed by atoms with van der Waals surface area (Å²) in [5, 5.41) is 13.5. The van der Waals surface area contributed by atoms with Gasteiger partial charge < -0.3 is 20.4 Å². The van der Waals surface area contributed by atoms with E-state index in [1.54, 1.807) is 11.0 Å². The minimum absolute atomic E-state index is 0.0853. The standard InChI is InChI=1S/C27H26ClF3N6O3/c28-20-10-15-9-16(24(39)37(14-27(29,30)31)13-18(15)17-12-32-35-23(17)20)11-22(38)36-7-5-26(6-8-36)19-3-1-2-4-21(19)33-25(40)34-26/h1-4,10,12,16H,5-9,11,13-14H2,(H,32,35)(H2,33,34,40)/t16-/m0/s1. The average Bonchev–Trinajstić information content (AvgIpc) is 3.36. The monoisotopic (exact) mass is 574 g/mol. The molecular weight excluding hydrogens is 549 g/mol. The van der Waals surface area contributed by atoms with Gasteiger partial charge in [-0.1, -0.05) is 29.8 Å². The highest BCUT2D eigenvalue weighted by Crippen LogP contribution is 2.40. The Balaban J connectivity index is 1.23. The molecule has 3 aliphatic rings. The van der Waals surface area contributed by atoms with E-state index in [1.165, 1.54) is 6.20 Å². The van der Waals surface area contributed by atoms with Crippen molar-refractivity contribution in [2.75, 3.05) is 25.0 Å². The van der Waals surface area contributed by atoms with E-state index >= 15 is 0 Å². The van der Waals surface area contributed by atoms with Gasteiger partial charge in [-0.15, -0.1) is 0 Å². The molecule has 210 valence electrons. The number of anilines is 1. The van der Waals surface area contributed by atoms with E-state index in [2.05, 4.69) is 20.8 Å². The first-order valence-electron chi connectivity index (χ1n) is 13.0. The molecule has 1 fully saturated rings. The molecule has 13 heteroatoms. The predicted octanol–water partition coefficient (Wildman–Crippen LogP) is 4.32. The fourth-order valence-corrected chi connectivity index (χ4v) is 6.54. The zero-order valence-electron chi connectivity index (χ0n) is 21.3. The van der Waals surface area contributed by atoms with Crippen LogP contribution in [0.5, 0.6) is 0 Å². The number of likely N-dealkylation sites (tertiary alicyclic amines) is 1. The number of fused-ring (bicyclic) bond motifs is 5. The third-order valence-electron chi connectivity index (χ3n) is 8.17. The van der Waals surface area contributed by atoms with Crippen LogP contribution in [0.2, 0.25) is 5.02 Å². The van der Waals surface area contributed by atoms with Crippen LogP contribution in [-0.4, -0.2) is 63.7 Å². The minimum Gasteiger partial charge on any atom is -0.342 e. The van der Waals surface area contributed by atoms with Gasteiger partial charge in [0.05, 0.1) is 28.2 Å². The van der Waals surface area contributed by atoms with Crippen molar-refractivity contribution >= 4 is 46.0 Å². The van der Waals surface area contributed by atoms with Gasteiger partial charge in [-0.25, -0.2) is 4.79 Å². The zero-order chi connectivity index (χ0) is 28.2. The lowest BCUT2D eigenvalue weighted by atomic mass is 9.79. The van der Waals surface area contributed by atoms with Gasteiger partial charge in [0.25, 0.3) is 0 Å². The highest BCUT2D eigenvalue weighted by Gasteiger charge is 2.44. The SMILES string of the molecule is O=C1Nc2ccccc2C2(CCN(C(=O)C[C@@H]3Cc4cc(Cl)c5[nH]ncc5c4CN(CC(F)(F)F)C3=O)CC2)N1. The Morgan fingerprint density at radius 3 is 2.67 bits per heavy atom. The van der Waals surface area contributed by atoms with Crippen LogP contribution < -0.4 is 10.6 Å². The van der Waals surface area contributed by atoms with Gasteiger partial charge in [-0.05, 0) is 42.5 Å². The molecule has 1 saturated heterocycles. The lowest BCUT2D eigenvalue weighted by molar-refractivity contribution is -0.165. The number of urea groups is 1. The van der Waals surface area contributed by atoms with Crippen LogP contribution in [0.25, 0.3) is 10.9 Å².